The summed E-state index contributed by atoms with van der Waals surface area (Å²) in [5.41, 5.74) is 0. The van der Waals surface area contributed by atoms with Gasteiger partial charge < -0.3 is 18.9 Å². The summed E-state index contributed by atoms with van der Waals surface area (Å²) in [6.45, 7) is 8.70. The van der Waals surface area contributed by atoms with E-state index in [1.165, 1.54) is 0 Å². The van der Waals surface area contributed by atoms with Crippen LogP contribution >= 0.6 is 0 Å². The maximum atomic E-state index is 11.9. The maximum Gasteiger partial charge on any atom is 0.338 e. The van der Waals surface area contributed by atoms with Crippen molar-refractivity contribution in [3.05, 3.63) is 0 Å². The van der Waals surface area contributed by atoms with Gasteiger partial charge in [-0.25, -0.2) is 4.79 Å². The third-order valence-electron chi connectivity index (χ3n) is 2.68. The van der Waals surface area contributed by atoms with Crippen LogP contribution in [0.5, 0.6) is 0 Å². The van der Waals surface area contributed by atoms with E-state index in [-0.39, 0.29) is 5.97 Å². The van der Waals surface area contributed by atoms with Crippen molar-refractivity contribution in [3.63, 3.8) is 0 Å². The van der Waals surface area contributed by atoms with E-state index >= 15 is 0 Å². The molecular formula is C13H24O5. The average Bonchev–Trinajstić information content (AvgIpc) is 2.65. The fourth-order valence-corrected chi connectivity index (χ4v) is 1.77. The molecule has 1 aliphatic rings. The summed E-state index contributed by atoms with van der Waals surface area (Å²) < 4.78 is 21.7. The van der Waals surface area contributed by atoms with Gasteiger partial charge >= 0.3 is 5.97 Å². The molecule has 1 heterocycles. The standard InChI is InChI=1S/C13H24O5/c1-5-7-8-16-11(12(14)15-6-2)10-9-17-13(3,4)18-10/h10-11H,5-9H2,1-4H3/t10-,11+/m1/s1. The van der Waals surface area contributed by atoms with Crippen molar-refractivity contribution in [2.75, 3.05) is 19.8 Å². The number of ether oxygens (including phenoxy) is 4. The number of hydrogen-bond acceptors (Lipinski definition) is 5. The van der Waals surface area contributed by atoms with Crippen molar-refractivity contribution in [1.29, 1.82) is 0 Å². The second-order valence-corrected chi connectivity index (χ2v) is 4.76. The maximum absolute atomic E-state index is 11.9. The Kier molecular flexibility index (Phi) is 6.05. The molecule has 0 radical (unpaired) electrons. The van der Waals surface area contributed by atoms with Crippen LogP contribution in [-0.4, -0.2) is 43.8 Å². The molecule has 5 heteroatoms. The molecule has 0 N–H and O–H groups in total. The number of carbonyl (C=O) groups is 1. The highest BCUT2D eigenvalue weighted by atomic mass is 16.8. The van der Waals surface area contributed by atoms with E-state index in [2.05, 4.69) is 6.92 Å². The fourth-order valence-electron chi connectivity index (χ4n) is 1.77. The molecule has 0 unspecified atom stereocenters. The van der Waals surface area contributed by atoms with Gasteiger partial charge in [0.25, 0.3) is 0 Å². The Morgan fingerprint density at radius 3 is 2.67 bits per heavy atom. The van der Waals surface area contributed by atoms with Crippen LogP contribution in [0.1, 0.15) is 40.5 Å². The zero-order chi connectivity index (χ0) is 13.6. The molecule has 1 aliphatic heterocycles. The van der Waals surface area contributed by atoms with Crippen LogP contribution in [0.3, 0.4) is 0 Å². The van der Waals surface area contributed by atoms with E-state index in [0.29, 0.717) is 19.8 Å². The zero-order valence-corrected chi connectivity index (χ0v) is 11.7. The topological polar surface area (TPSA) is 54.0 Å². The Bertz CT molecular complexity index is 264. The van der Waals surface area contributed by atoms with Crippen molar-refractivity contribution in [2.24, 2.45) is 0 Å². The molecule has 0 amide bonds. The molecular weight excluding hydrogens is 236 g/mol. The molecule has 0 bridgehead atoms. The Hall–Kier alpha value is -0.650. The van der Waals surface area contributed by atoms with Crippen molar-refractivity contribution < 1.29 is 23.7 Å². The van der Waals surface area contributed by atoms with Gasteiger partial charge in [0.05, 0.1) is 13.2 Å². The Balaban J connectivity index is 2.56. The van der Waals surface area contributed by atoms with Crippen LogP contribution in [0.4, 0.5) is 0 Å². The zero-order valence-electron chi connectivity index (χ0n) is 11.7. The van der Waals surface area contributed by atoms with Crippen molar-refractivity contribution in [1.82, 2.24) is 0 Å². The number of esters is 1. The van der Waals surface area contributed by atoms with E-state index in [4.69, 9.17) is 18.9 Å². The van der Waals surface area contributed by atoms with Crippen molar-refractivity contribution in [3.8, 4) is 0 Å². The SMILES string of the molecule is CCCCO[C@H](C(=O)OCC)[C@H]1COC(C)(C)O1. The Morgan fingerprint density at radius 1 is 1.44 bits per heavy atom. The normalized spacial score (nSPS) is 23.9. The largest absolute Gasteiger partial charge is 0.464 e. The number of unbranched alkanes of at least 4 members (excludes halogenated alkanes) is 1. The van der Waals surface area contributed by atoms with Gasteiger partial charge in [0.1, 0.15) is 6.10 Å². The summed E-state index contributed by atoms with van der Waals surface area (Å²) in [4.78, 5) is 11.9. The summed E-state index contributed by atoms with van der Waals surface area (Å²) in [6, 6.07) is 0. The molecule has 0 spiro atoms. The van der Waals surface area contributed by atoms with Crippen LogP contribution in [-0.2, 0) is 23.7 Å². The van der Waals surface area contributed by atoms with Crippen LogP contribution in [0.15, 0.2) is 0 Å². The highest BCUT2D eigenvalue weighted by Gasteiger charge is 2.41. The monoisotopic (exact) mass is 260 g/mol. The minimum atomic E-state index is -0.696. The quantitative estimate of drug-likeness (QED) is 0.517. The van der Waals surface area contributed by atoms with Crippen LogP contribution < -0.4 is 0 Å². The van der Waals surface area contributed by atoms with Gasteiger partial charge in [-0.3, -0.25) is 0 Å². The minimum Gasteiger partial charge on any atom is -0.464 e. The number of hydrogen-bond donors (Lipinski definition) is 0. The molecule has 106 valence electrons. The van der Waals surface area contributed by atoms with E-state index < -0.39 is 18.0 Å². The van der Waals surface area contributed by atoms with Crippen molar-refractivity contribution in [2.45, 2.75) is 58.5 Å². The van der Waals surface area contributed by atoms with Gasteiger partial charge in [-0.05, 0) is 27.2 Å². The lowest BCUT2D eigenvalue weighted by atomic mass is 10.2. The first-order valence-corrected chi connectivity index (χ1v) is 6.60. The summed E-state index contributed by atoms with van der Waals surface area (Å²) in [7, 11) is 0. The molecule has 0 aromatic carbocycles. The Morgan fingerprint density at radius 2 is 2.17 bits per heavy atom. The lowest BCUT2D eigenvalue weighted by molar-refractivity contribution is -0.178. The van der Waals surface area contributed by atoms with E-state index in [1.54, 1.807) is 6.92 Å². The van der Waals surface area contributed by atoms with Crippen molar-refractivity contribution >= 4 is 5.97 Å². The predicted octanol–water partition coefficient (Wildman–Crippen LogP) is 1.89. The molecule has 5 nitrogen and oxygen atoms in total. The van der Waals surface area contributed by atoms with Gasteiger partial charge in [-0.2, -0.15) is 0 Å². The molecule has 18 heavy (non-hydrogen) atoms. The van der Waals surface area contributed by atoms with Crippen LogP contribution in [0.2, 0.25) is 0 Å². The molecule has 0 aliphatic carbocycles. The molecule has 1 saturated heterocycles. The molecule has 1 rings (SSSR count). The second-order valence-electron chi connectivity index (χ2n) is 4.76. The molecule has 2 atom stereocenters. The highest BCUT2D eigenvalue weighted by molar-refractivity contribution is 5.75. The van der Waals surface area contributed by atoms with Crippen LogP contribution in [0, 0.1) is 0 Å². The van der Waals surface area contributed by atoms with Crippen LogP contribution in [0.25, 0.3) is 0 Å². The van der Waals surface area contributed by atoms with Gasteiger partial charge in [0, 0.05) is 6.61 Å². The minimum absolute atomic E-state index is 0.337. The molecule has 0 aromatic rings. The first-order valence-electron chi connectivity index (χ1n) is 6.60. The fraction of sp³-hybridized carbons (Fsp3) is 0.923. The predicted molar refractivity (Wildman–Crippen MR) is 66.2 cm³/mol. The average molecular weight is 260 g/mol. The lowest BCUT2D eigenvalue weighted by Crippen LogP contribution is -2.40. The Labute approximate surface area is 109 Å². The highest BCUT2D eigenvalue weighted by Crippen LogP contribution is 2.26. The van der Waals surface area contributed by atoms with E-state index in [9.17, 15) is 4.79 Å². The summed E-state index contributed by atoms with van der Waals surface area (Å²) in [5.74, 6) is -1.04. The molecule has 0 saturated carbocycles. The smallest absolute Gasteiger partial charge is 0.338 e. The van der Waals surface area contributed by atoms with E-state index in [1.807, 2.05) is 13.8 Å². The number of carbonyl (C=O) groups excluding carboxylic acids is 1. The first kappa shape index (κ1) is 15.4. The lowest BCUT2D eigenvalue weighted by Gasteiger charge is -2.23. The molecule has 0 aromatic heterocycles. The third-order valence-corrected chi connectivity index (χ3v) is 2.68. The number of rotatable bonds is 7. The first-order chi connectivity index (χ1) is 8.50. The van der Waals surface area contributed by atoms with Gasteiger partial charge in [-0.1, -0.05) is 13.3 Å². The summed E-state index contributed by atoms with van der Waals surface area (Å²) >= 11 is 0. The van der Waals surface area contributed by atoms with E-state index in [0.717, 1.165) is 12.8 Å². The molecule has 1 fully saturated rings. The third kappa shape index (κ3) is 4.55. The van der Waals surface area contributed by atoms with Gasteiger partial charge in [-0.15, -0.1) is 0 Å². The van der Waals surface area contributed by atoms with Gasteiger partial charge in [0.15, 0.2) is 11.9 Å². The summed E-state index contributed by atoms with van der Waals surface area (Å²) in [5, 5.41) is 0. The summed E-state index contributed by atoms with van der Waals surface area (Å²) in [6.07, 6.45) is 0.838. The van der Waals surface area contributed by atoms with Gasteiger partial charge in [0.2, 0.25) is 0 Å². The second kappa shape index (κ2) is 7.07.